The fourth-order valence-corrected chi connectivity index (χ4v) is 4.48. The lowest BCUT2D eigenvalue weighted by Crippen LogP contribution is -2.14. The van der Waals surface area contributed by atoms with E-state index in [1.165, 1.54) is 42.5 Å². The third-order valence-electron chi connectivity index (χ3n) is 4.39. The zero-order valence-corrected chi connectivity index (χ0v) is 20.1. The zero-order chi connectivity index (χ0) is 24.2. The van der Waals surface area contributed by atoms with Crippen LogP contribution in [-0.2, 0) is 14.9 Å². The molecule has 33 heavy (non-hydrogen) atoms. The summed E-state index contributed by atoms with van der Waals surface area (Å²) in [6, 6.07) is 17.0. The summed E-state index contributed by atoms with van der Waals surface area (Å²) in [6.45, 7) is 1.82. The van der Waals surface area contributed by atoms with E-state index in [0.717, 1.165) is 5.56 Å². The van der Waals surface area contributed by atoms with Gasteiger partial charge in [-0.1, -0.05) is 53.0 Å². The molecular formula is C23H15Cl3N2O4S. The molecule has 3 aromatic rings. The lowest BCUT2D eigenvalue weighted by molar-refractivity contribution is -0.112. The number of anilines is 1. The smallest absolute Gasteiger partial charge is 0.339 e. The van der Waals surface area contributed by atoms with E-state index in [0.29, 0.717) is 16.3 Å². The average molecular weight is 522 g/mol. The Labute approximate surface area is 206 Å². The number of nitrogens with zero attached hydrogens (tertiary/aromatic N) is 1. The number of aryl methyl sites for hydroxylation is 1. The van der Waals surface area contributed by atoms with Gasteiger partial charge in [0.05, 0.1) is 10.0 Å². The monoisotopic (exact) mass is 520 g/mol. The molecule has 0 heterocycles. The SMILES string of the molecule is Cc1ccccc1NC(=O)/C(C#N)=C/c1cc(Cl)c(OS(=O)(=O)c2ccc(Cl)cc2)c(Cl)c1. The minimum Gasteiger partial charge on any atom is -0.376 e. The second-order valence-electron chi connectivity index (χ2n) is 6.74. The van der Waals surface area contributed by atoms with E-state index < -0.39 is 16.0 Å². The molecule has 0 fully saturated rings. The molecule has 0 saturated carbocycles. The van der Waals surface area contributed by atoms with E-state index in [-0.39, 0.29) is 26.3 Å². The number of hydrogen-bond donors (Lipinski definition) is 1. The van der Waals surface area contributed by atoms with E-state index in [1.807, 2.05) is 25.1 Å². The van der Waals surface area contributed by atoms with Crippen LogP contribution in [-0.4, -0.2) is 14.3 Å². The highest BCUT2D eigenvalue weighted by Gasteiger charge is 2.21. The van der Waals surface area contributed by atoms with Crippen molar-refractivity contribution in [3.63, 3.8) is 0 Å². The van der Waals surface area contributed by atoms with Crippen LogP contribution in [0.25, 0.3) is 6.08 Å². The Bertz CT molecular complexity index is 1370. The maximum Gasteiger partial charge on any atom is 0.339 e. The lowest BCUT2D eigenvalue weighted by atomic mass is 10.1. The van der Waals surface area contributed by atoms with E-state index >= 15 is 0 Å². The molecule has 3 rings (SSSR count). The third kappa shape index (κ3) is 6.06. The van der Waals surface area contributed by atoms with Gasteiger partial charge in [0.25, 0.3) is 5.91 Å². The van der Waals surface area contributed by atoms with E-state index in [4.69, 9.17) is 39.0 Å². The molecular weight excluding hydrogens is 507 g/mol. The fraction of sp³-hybridized carbons (Fsp3) is 0.0435. The van der Waals surface area contributed by atoms with Crippen LogP contribution in [0.1, 0.15) is 11.1 Å². The van der Waals surface area contributed by atoms with Gasteiger partial charge >= 0.3 is 10.1 Å². The number of amides is 1. The topological polar surface area (TPSA) is 96.3 Å². The fourth-order valence-electron chi connectivity index (χ4n) is 2.72. The second-order valence-corrected chi connectivity index (χ2v) is 9.54. The molecule has 10 heteroatoms. The van der Waals surface area contributed by atoms with Gasteiger partial charge in [0.15, 0.2) is 5.75 Å². The number of carbonyl (C=O) groups excluding carboxylic acids is 1. The Kier molecular flexibility index (Phi) is 7.67. The van der Waals surface area contributed by atoms with Gasteiger partial charge in [-0.15, -0.1) is 0 Å². The number of rotatable bonds is 6. The minimum absolute atomic E-state index is 0.122. The molecule has 1 amide bonds. The summed E-state index contributed by atoms with van der Waals surface area (Å²) in [5.74, 6) is -0.905. The molecule has 0 bridgehead atoms. The number of nitrogens with one attached hydrogen (secondary N) is 1. The van der Waals surface area contributed by atoms with Crippen LogP contribution < -0.4 is 9.50 Å². The number of para-hydroxylation sites is 1. The van der Waals surface area contributed by atoms with E-state index in [9.17, 15) is 18.5 Å². The molecule has 0 radical (unpaired) electrons. The number of benzene rings is 3. The molecule has 0 spiro atoms. The van der Waals surface area contributed by atoms with Gasteiger partial charge in [0.1, 0.15) is 16.5 Å². The van der Waals surface area contributed by atoms with Gasteiger partial charge in [-0.05, 0) is 66.6 Å². The quantitative estimate of drug-likeness (QED) is 0.234. The highest BCUT2D eigenvalue weighted by molar-refractivity contribution is 7.87. The maximum atomic E-state index is 12.5. The number of hydrogen-bond acceptors (Lipinski definition) is 5. The molecule has 0 aliphatic rings. The highest BCUT2D eigenvalue weighted by atomic mass is 35.5. The third-order valence-corrected chi connectivity index (χ3v) is 6.43. The minimum atomic E-state index is -4.23. The summed E-state index contributed by atoms with van der Waals surface area (Å²) in [5.41, 5.74) is 1.50. The zero-order valence-electron chi connectivity index (χ0n) is 17.0. The van der Waals surface area contributed by atoms with Crippen molar-refractivity contribution in [1.82, 2.24) is 0 Å². The van der Waals surface area contributed by atoms with Crippen molar-refractivity contribution < 1.29 is 17.4 Å². The van der Waals surface area contributed by atoms with Crippen LogP contribution in [0, 0.1) is 18.3 Å². The first kappa shape index (κ1) is 24.6. The second kappa shape index (κ2) is 10.3. The van der Waals surface area contributed by atoms with Crippen molar-refractivity contribution in [2.75, 3.05) is 5.32 Å². The van der Waals surface area contributed by atoms with Gasteiger partial charge in [0.2, 0.25) is 0 Å². The summed E-state index contributed by atoms with van der Waals surface area (Å²) in [6.07, 6.45) is 1.28. The molecule has 0 aliphatic carbocycles. The summed E-state index contributed by atoms with van der Waals surface area (Å²) in [7, 11) is -4.23. The summed E-state index contributed by atoms with van der Waals surface area (Å²) in [5, 5.41) is 12.2. The molecule has 0 unspecified atom stereocenters. The van der Waals surface area contributed by atoms with E-state index in [2.05, 4.69) is 5.32 Å². The van der Waals surface area contributed by atoms with E-state index in [1.54, 1.807) is 12.1 Å². The number of carbonyl (C=O) groups is 1. The van der Waals surface area contributed by atoms with Crippen LogP contribution in [0.4, 0.5) is 5.69 Å². The molecule has 0 saturated heterocycles. The van der Waals surface area contributed by atoms with Crippen molar-refractivity contribution >= 4 is 62.6 Å². The van der Waals surface area contributed by atoms with Crippen LogP contribution >= 0.6 is 34.8 Å². The Morgan fingerprint density at radius 1 is 1.03 bits per heavy atom. The van der Waals surface area contributed by atoms with Crippen molar-refractivity contribution in [2.45, 2.75) is 11.8 Å². The molecule has 0 aliphatic heterocycles. The molecule has 1 N–H and O–H groups in total. The number of halogens is 3. The lowest BCUT2D eigenvalue weighted by Gasteiger charge is -2.11. The largest absolute Gasteiger partial charge is 0.376 e. The van der Waals surface area contributed by atoms with Gasteiger partial charge in [-0.25, -0.2) is 0 Å². The standard InChI is InChI=1S/C23H15Cl3N2O4S/c1-14-4-2-3-5-21(14)28-23(29)16(13-27)10-15-11-19(25)22(20(26)12-15)32-33(30,31)18-8-6-17(24)7-9-18/h2-12H,1H3,(H,28,29)/b16-10+. The predicted molar refractivity (Wildman–Crippen MR) is 129 cm³/mol. The van der Waals surface area contributed by atoms with Gasteiger partial charge < -0.3 is 9.50 Å². The highest BCUT2D eigenvalue weighted by Crippen LogP contribution is 2.37. The van der Waals surface area contributed by atoms with Crippen molar-refractivity contribution in [3.05, 3.63) is 92.4 Å². The summed E-state index contributed by atoms with van der Waals surface area (Å²) in [4.78, 5) is 12.4. The van der Waals surface area contributed by atoms with Crippen LogP contribution in [0.3, 0.4) is 0 Å². The van der Waals surface area contributed by atoms with Crippen molar-refractivity contribution in [2.24, 2.45) is 0 Å². The Balaban J connectivity index is 1.87. The summed E-state index contributed by atoms with van der Waals surface area (Å²) < 4.78 is 30.2. The molecule has 168 valence electrons. The van der Waals surface area contributed by atoms with Crippen LogP contribution in [0.2, 0.25) is 15.1 Å². The number of nitriles is 1. The van der Waals surface area contributed by atoms with Crippen molar-refractivity contribution in [1.29, 1.82) is 5.26 Å². The Hall–Kier alpha value is -3.02. The molecule has 0 aromatic heterocycles. The normalized spacial score (nSPS) is 11.5. The molecule has 3 aromatic carbocycles. The van der Waals surface area contributed by atoms with Gasteiger partial charge in [-0.2, -0.15) is 13.7 Å². The first-order valence-corrected chi connectivity index (χ1v) is 11.8. The van der Waals surface area contributed by atoms with Crippen molar-refractivity contribution in [3.8, 4) is 11.8 Å². The summed E-state index contributed by atoms with van der Waals surface area (Å²) >= 11 is 18.2. The predicted octanol–water partition coefficient (Wildman–Crippen LogP) is 6.27. The van der Waals surface area contributed by atoms with Gasteiger partial charge in [0, 0.05) is 10.7 Å². The molecule has 6 nitrogen and oxygen atoms in total. The average Bonchev–Trinajstić information content (AvgIpc) is 2.76. The van der Waals surface area contributed by atoms with Crippen LogP contribution in [0.5, 0.6) is 5.75 Å². The Morgan fingerprint density at radius 3 is 2.21 bits per heavy atom. The maximum absolute atomic E-state index is 12.5. The first-order chi connectivity index (χ1) is 15.6. The van der Waals surface area contributed by atoms with Crippen LogP contribution in [0.15, 0.2) is 71.1 Å². The Morgan fingerprint density at radius 2 is 1.64 bits per heavy atom. The first-order valence-electron chi connectivity index (χ1n) is 9.28. The molecule has 0 atom stereocenters. The van der Waals surface area contributed by atoms with Gasteiger partial charge in [-0.3, -0.25) is 4.79 Å².